The fourth-order valence-electron chi connectivity index (χ4n) is 1.24. The summed E-state index contributed by atoms with van der Waals surface area (Å²) in [7, 11) is 3.51. The number of aromatic nitrogens is 4. The van der Waals surface area contributed by atoms with Crippen LogP contribution in [0.1, 0.15) is 5.82 Å². The first kappa shape index (κ1) is 7.97. The molecule has 5 heteroatoms. The minimum atomic E-state index is -0.0944. The maximum absolute atomic E-state index is 11.6. The van der Waals surface area contributed by atoms with E-state index in [1.54, 1.807) is 24.9 Å². The molecule has 0 N–H and O–H groups in total. The molecule has 0 aliphatic carbocycles. The monoisotopic (exact) mass is 178 g/mol. The van der Waals surface area contributed by atoms with E-state index in [0.717, 1.165) is 0 Å². The zero-order chi connectivity index (χ0) is 9.59. The van der Waals surface area contributed by atoms with Crippen molar-refractivity contribution in [1.29, 1.82) is 0 Å². The highest BCUT2D eigenvalue weighted by Crippen LogP contribution is 2.03. The fraction of sp³-hybridized carbons (Fsp3) is 0.375. The lowest BCUT2D eigenvalue weighted by Crippen LogP contribution is -2.20. The van der Waals surface area contributed by atoms with Crippen LogP contribution in [0.15, 0.2) is 11.1 Å². The standard InChI is InChI=1S/C8H10N4O/c1-5-10-7-6(8(13)12(5)3)9-4-11(7)2/h4H,1-3H3. The largest absolute Gasteiger partial charge is 0.318 e. The molecule has 0 saturated heterocycles. The van der Waals surface area contributed by atoms with Crippen LogP contribution >= 0.6 is 0 Å². The summed E-state index contributed by atoms with van der Waals surface area (Å²) in [5, 5.41) is 0. The van der Waals surface area contributed by atoms with Gasteiger partial charge in [0.25, 0.3) is 5.56 Å². The van der Waals surface area contributed by atoms with Gasteiger partial charge in [0.05, 0.1) is 6.33 Å². The van der Waals surface area contributed by atoms with E-state index in [4.69, 9.17) is 0 Å². The molecule has 0 bridgehead atoms. The van der Waals surface area contributed by atoms with Gasteiger partial charge >= 0.3 is 0 Å². The van der Waals surface area contributed by atoms with Crippen molar-refractivity contribution in [3.05, 3.63) is 22.5 Å². The van der Waals surface area contributed by atoms with Crippen LogP contribution in [0.4, 0.5) is 0 Å². The molecule has 0 aliphatic heterocycles. The van der Waals surface area contributed by atoms with E-state index in [1.807, 2.05) is 7.05 Å². The molecule has 0 saturated carbocycles. The van der Waals surface area contributed by atoms with E-state index in [1.165, 1.54) is 4.57 Å². The first-order valence-electron chi connectivity index (χ1n) is 3.96. The van der Waals surface area contributed by atoms with Crippen molar-refractivity contribution in [3.63, 3.8) is 0 Å². The van der Waals surface area contributed by atoms with Crippen LogP contribution in [0, 0.1) is 6.92 Å². The van der Waals surface area contributed by atoms with Gasteiger partial charge < -0.3 is 4.57 Å². The van der Waals surface area contributed by atoms with Gasteiger partial charge in [-0.2, -0.15) is 0 Å². The summed E-state index contributed by atoms with van der Waals surface area (Å²) >= 11 is 0. The van der Waals surface area contributed by atoms with E-state index in [0.29, 0.717) is 17.0 Å². The average molecular weight is 178 g/mol. The number of hydrogen-bond acceptors (Lipinski definition) is 3. The maximum atomic E-state index is 11.6. The number of fused-ring (bicyclic) bond motifs is 1. The fourth-order valence-corrected chi connectivity index (χ4v) is 1.24. The summed E-state index contributed by atoms with van der Waals surface area (Å²) in [6.45, 7) is 1.80. The topological polar surface area (TPSA) is 52.7 Å². The van der Waals surface area contributed by atoms with Crippen LogP contribution < -0.4 is 5.56 Å². The predicted molar refractivity (Wildman–Crippen MR) is 48.5 cm³/mol. The molecule has 0 unspecified atom stereocenters. The second-order valence-electron chi connectivity index (χ2n) is 3.05. The Bertz CT molecular complexity index is 523. The minimum absolute atomic E-state index is 0.0944. The minimum Gasteiger partial charge on any atom is -0.318 e. The molecule has 0 fully saturated rings. The summed E-state index contributed by atoms with van der Waals surface area (Å²) in [6, 6.07) is 0. The zero-order valence-corrected chi connectivity index (χ0v) is 7.77. The SMILES string of the molecule is Cc1nc2c(ncn2C)c(=O)n1C. The predicted octanol–water partition coefficient (Wildman–Crippen LogP) is -0.0246. The lowest BCUT2D eigenvalue weighted by molar-refractivity contribution is 0.783. The molecule has 2 aromatic heterocycles. The Hall–Kier alpha value is -1.65. The molecule has 0 aliphatic rings. The molecular formula is C8H10N4O. The second-order valence-corrected chi connectivity index (χ2v) is 3.05. The molecular weight excluding hydrogens is 168 g/mol. The average Bonchev–Trinajstić information content (AvgIpc) is 2.45. The summed E-state index contributed by atoms with van der Waals surface area (Å²) in [6.07, 6.45) is 1.60. The quantitative estimate of drug-likeness (QED) is 0.569. The molecule has 2 rings (SSSR count). The smallest absolute Gasteiger partial charge is 0.281 e. The molecule has 0 aromatic carbocycles. The Labute approximate surface area is 74.7 Å². The summed E-state index contributed by atoms with van der Waals surface area (Å²) in [4.78, 5) is 19.9. The third-order valence-corrected chi connectivity index (χ3v) is 2.17. The molecule has 0 radical (unpaired) electrons. The normalized spacial score (nSPS) is 11.0. The molecule has 2 heterocycles. The third kappa shape index (κ3) is 0.965. The Morgan fingerprint density at radius 1 is 1.38 bits per heavy atom. The molecule has 0 atom stereocenters. The van der Waals surface area contributed by atoms with Crippen LogP contribution in [-0.4, -0.2) is 19.1 Å². The van der Waals surface area contributed by atoms with Gasteiger partial charge in [-0.15, -0.1) is 0 Å². The number of nitrogens with zero attached hydrogens (tertiary/aromatic N) is 4. The zero-order valence-electron chi connectivity index (χ0n) is 7.77. The van der Waals surface area contributed by atoms with E-state index >= 15 is 0 Å². The van der Waals surface area contributed by atoms with Gasteiger partial charge in [0.2, 0.25) is 0 Å². The van der Waals surface area contributed by atoms with Gasteiger partial charge in [-0.05, 0) is 6.92 Å². The second kappa shape index (κ2) is 2.42. The lowest BCUT2D eigenvalue weighted by atomic mass is 10.5. The van der Waals surface area contributed by atoms with Crippen LogP contribution in [0.3, 0.4) is 0 Å². The van der Waals surface area contributed by atoms with Crippen molar-refractivity contribution in [1.82, 2.24) is 19.1 Å². The Morgan fingerprint density at radius 3 is 2.77 bits per heavy atom. The van der Waals surface area contributed by atoms with Gasteiger partial charge in [0.15, 0.2) is 11.2 Å². The third-order valence-electron chi connectivity index (χ3n) is 2.17. The molecule has 0 amide bonds. The number of rotatable bonds is 0. The summed E-state index contributed by atoms with van der Waals surface area (Å²) < 4.78 is 3.24. The van der Waals surface area contributed by atoms with Crippen molar-refractivity contribution >= 4 is 11.2 Å². The summed E-state index contributed by atoms with van der Waals surface area (Å²) in [5.74, 6) is 0.695. The van der Waals surface area contributed by atoms with Gasteiger partial charge in [0, 0.05) is 14.1 Å². The van der Waals surface area contributed by atoms with E-state index in [9.17, 15) is 4.79 Å². The van der Waals surface area contributed by atoms with Crippen molar-refractivity contribution in [2.24, 2.45) is 14.1 Å². The lowest BCUT2D eigenvalue weighted by Gasteiger charge is -2.01. The highest BCUT2D eigenvalue weighted by Gasteiger charge is 2.08. The van der Waals surface area contributed by atoms with E-state index in [-0.39, 0.29) is 5.56 Å². The van der Waals surface area contributed by atoms with Crippen molar-refractivity contribution in [2.75, 3.05) is 0 Å². The van der Waals surface area contributed by atoms with Crippen LogP contribution in [-0.2, 0) is 14.1 Å². The highest BCUT2D eigenvalue weighted by molar-refractivity contribution is 5.69. The van der Waals surface area contributed by atoms with Gasteiger partial charge in [0.1, 0.15) is 5.82 Å². The maximum Gasteiger partial charge on any atom is 0.281 e. The molecule has 2 aromatic rings. The molecule has 13 heavy (non-hydrogen) atoms. The number of hydrogen-bond donors (Lipinski definition) is 0. The number of aryl methyl sites for hydroxylation is 2. The summed E-state index contributed by atoms with van der Waals surface area (Å²) in [5.41, 5.74) is 0.972. The van der Waals surface area contributed by atoms with Crippen LogP contribution in [0.5, 0.6) is 0 Å². The Balaban J connectivity index is 3.05. The van der Waals surface area contributed by atoms with E-state index < -0.39 is 0 Å². The van der Waals surface area contributed by atoms with Crippen LogP contribution in [0.25, 0.3) is 11.2 Å². The Kier molecular flexibility index (Phi) is 1.48. The van der Waals surface area contributed by atoms with Crippen molar-refractivity contribution in [3.8, 4) is 0 Å². The van der Waals surface area contributed by atoms with E-state index in [2.05, 4.69) is 9.97 Å². The van der Waals surface area contributed by atoms with Crippen LogP contribution in [0.2, 0.25) is 0 Å². The molecule has 0 spiro atoms. The number of imidazole rings is 1. The molecule has 68 valence electrons. The van der Waals surface area contributed by atoms with Gasteiger partial charge in [-0.3, -0.25) is 9.36 Å². The first-order valence-corrected chi connectivity index (χ1v) is 3.96. The van der Waals surface area contributed by atoms with Gasteiger partial charge in [-0.25, -0.2) is 9.97 Å². The highest BCUT2D eigenvalue weighted by atomic mass is 16.1. The van der Waals surface area contributed by atoms with Gasteiger partial charge in [-0.1, -0.05) is 0 Å². The molecule has 5 nitrogen and oxygen atoms in total. The van der Waals surface area contributed by atoms with Crippen molar-refractivity contribution < 1.29 is 0 Å². The Morgan fingerprint density at radius 2 is 2.08 bits per heavy atom. The van der Waals surface area contributed by atoms with Crippen molar-refractivity contribution in [2.45, 2.75) is 6.92 Å². The first-order chi connectivity index (χ1) is 6.11.